The van der Waals surface area contributed by atoms with E-state index in [1.54, 1.807) is 7.11 Å². The van der Waals surface area contributed by atoms with Crippen molar-refractivity contribution in [3.05, 3.63) is 57.4 Å². The maximum atomic E-state index is 12.7. The highest BCUT2D eigenvalue weighted by Gasteiger charge is 2.13. The Balaban J connectivity index is 2.21. The Labute approximate surface area is 145 Å². The second-order valence-corrected chi connectivity index (χ2v) is 6.92. The minimum atomic E-state index is -0.213. The van der Waals surface area contributed by atoms with Crippen molar-refractivity contribution in [2.75, 3.05) is 7.11 Å². The first kappa shape index (κ1) is 16.5. The summed E-state index contributed by atoms with van der Waals surface area (Å²) in [5, 5.41) is 0. The van der Waals surface area contributed by atoms with E-state index in [1.807, 2.05) is 55.8 Å². The molecule has 0 aliphatic carbocycles. The second kappa shape index (κ2) is 6.24. The molecule has 1 heterocycles. The average Bonchev–Trinajstić information content (AvgIpc) is 2.88. The molecule has 5 heteroatoms. The van der Waals surface area contributed by atoms with E-state index in [9.17, 15) is 4.79 Å². The number of benzene rings is 2. The molecule has 24 heavy (non-hydrogen) atoms. The summed E-state index contributed by atoms with van der Waals surface area (Å²) in [5.74, 6) is 0.574. The number of amides is 1. The minimum absolute atomic E-state index is 0.213. The number of methoxy groups -OCH3 is 1. The van der Waals surface area contributed by atoms with Crippen LogP contribution < -0.4 is 9.54 Å². The Kier molecular flexibility index (Phi) is 4.28. The van der Waals surface area contributed by atoms with Crippen molar-refractivity contribution in [2.45, 2.75) is 20.8 Å². The molecule has 0 unspecified atom stereocenters. The van der Waals surface area contributed by atoms with Crippen molar-refractivity contribution in [3.8, 4) is 5.75 Å². The third kappa shape index (κ3) is 2.76. The van der Waals surface area contributed by atoms with E-state index in [4.69, 9.17) is 4.74 Å². The van der Waals surface area contributed by atoms with Gasteiger partial charge in [0.05, 0.1) is 11.8 Å². The fraction of sp³-hybridized carbons (Fsp3) is 0.263. The molecular formula is C19H20N2O2S. The van der Waals surface area contributed by atoms with E-state index >= 15 is 0 Å². The fourth-order valence-electron chi connectivity index (χ4n) is 2.73. The summed E-state index contributed by atoms with van der Waals surface area (Å²) in [6.07, 6.45) is 0. The summed E-state index contributed by atoms with van der Waals surface area (Å²) in [7, 11) is 3.57. The summed E-state index contributed by atoms with van der Waals surface area (Å²) >= 11 is 1.51. The van der Waals surface area contributed by atoms with Crippen molar-refractivity contribution < 1.29 is 9.53 Å². The van der Waals surface area contributed by atoms with Crippen LogP contribution in [0.3, 0.4) is 0 Å². The number of ether oxygens (including phenoxy) is 1. The van der Waals surface area contributed by atoms with Crippen LogP contribution in [0.4, 0.5) is 0 Å². The number of aryl methyl sites for hydroxylation is 4. The number of carbonyl (C=O) groups is 1. The summed E-state index contributed by atoms with van der Waals surface area (Å²) in [6, 6.07) is 9.81. The Bertz CT molecular complexity index is 1010. The van der Waals surface area contributed by atoms with Crippen molar-refractivity contribution in [1.82, 2.24) is 4.57 Å². The van der Waals surface area contributed by atoms with Crippen LogP contribution in [0, 0.1) is 20.8 Å². The van der Waals surface area contributed by atoms with Crippen LogP contribution in [0.1, 0.15) is 27.0 Å². The first-order chi connectivity index (χ1) is 11.4. The van der Waals surface area contributed by atoms with Gasteiger partial charge in [-0.15, -0.1) is 0 Å². The molecule has 0 fully saturated rings. The predicted molar refractivity (Wildman–Crippen MR) is 97.9 cm³/mol. The number of nitrogens with zero attached hydrogens (tertiary/aromatic N) is 2. The van der Waals surface area contributed by atoms with E-state index in [-0.39, 0.29) is 5.91 Å². The molecule has 0 N–H and O–H groups in total. The molecule has 0 spiro atoms. The van der Waals surface area contributed by atoms with E-state index in [2.05, 4.69) is 11.9 Å². The maximum absolute atomic E-state index is 12.7. The number of fused-ring (bicyclic) bond motifs is 1. The van der Waals surface area contributed by atoms with Gasteiger partial charge in [0.15, 0.2) is 4.80 Å². The van der Waals surface area contributed by atoms with E-state index < -0.39 is 0 Å². The van der Waals surface area contributed by atoms with Gasteiger partial charge >= 0.3 is 0 Å². The van der Waals surface area contributed by atoms with Crippen molar-refractivity contribution in [2.24, 2.45) is 12.0 Å². The number of aromatic nitrogens is 1. The van der Waals surface area contributed by atoms with Crippen LogP contribution >= 0.6 is 11.3 Å². The average molecular weight is 340 g/mol. The number of rotatable bonds is 2. The number of hydrogen-bond acceptors (Lipinski definition) is 3. The van der Waals surface area contributed by atoms with Crippen LogP contribution in [0.25, 0.3) is 10.2 Å². The van der Waals surface area contributed by atoms with Gasteiger partial charge in [-0.1, -0.05) is 35.1 Å². The van der Waals surface area contributed by atoms with Crippen LogP contribution in [0.5, 0.6) is 5.75 Å². The van der Waals surface area contributed by atoms with Gasteiger partial charge in [-0.05, 0) is 44.0 Å². The van der Waals surface area contributed by atoms with Crippen LogP contribution in [0.2, 0.25) is 0 Å². The van der Waals surface area contributed by atoms with Crippen molar-refractivity contribution in [3.63, 3.8) is 0 Å². The van der Waals surface area contributed by atoms with Crippen molar-refractivity contribution >= 4 is 27.5 Å². The minimum Gasteiger partial charge on any atom is -0.495 e. The van der Waals surface area contributed by atoms with Gasteiger partial charge < -0.3 is 9.30 Å². The second-order valence-electron chi connectivity index (χ2n) is 5.94. The Morgan fingerprint density at radius 2 is 1.83 bits per heavy atom. The molecule has 4 nitrogen and oxygen atoms in total. The van der Waals surface area contributed by atoms with Crippen LogP contribution in [-0.2, 0) is 7.05 Å². The molecule has 1 aromatic heterocycles. The number of hydrogen-bond donors (Lipinski definition) is 0. The lowest BCUT2D eigenvalue weighted by atomic mass is 10.1. The highest BCUT2D eigenvalue weighted by Crippen LogP contribution is 2.29. The van der Waals surface area contributed by atoms with Gasteiger partial charge in [-0.3, -0.25) is 4.79 Å². The summed E-state index contributed by atoms with van der Waals surface area (Å²) in [4.78, 5) is 17.7. The number of thiazole rings is 1. The Morgan fingerprint density at radius 1 is 1.12 bits per heavy atom. The standard InChI is InChI=1S/C19H20N2O2S/c1-11-6-7-12(2)14(10-11)18(22)20-19-21(4)16-15(23-5)9-8-13(3)17(16)24-19/h6-10H,1-5H3. The molecule has 0 saturated heterocycles. The quantitative estimate of drug-likeness (QED) is 0.710. The lowest BCUT2D eigenvalue weighted by Crippen LogP contribution is -2.14. The first-order valence-electron chi connectivity index (χ1n) is 7.72. The Hall–Kier alpha value is -2.40. The smallest absolute Gasteiger partial charge is 0.279 e. The molecule has 0 aliphatic rings. The molecule has 2 aromatic carbocycles. The predicted octanol–water partition coefficient (Wildman–Crippen LogP) is 3.91. The fourth-order valence-corrected chi connectivity index (χ4v) is 3.83. The summed E-state index contributed by atoms with van der Waals surface area (Å²) in [5.41, 5.74) is 4.75. The third-order valence-corrected chi connectivity index (χ3v) is 5.41. The maximum Gasteiger partial charge on any atom is 0.279 e. The summed E-state index contributed by atoms with van der Waals surface area (Å²) in [6.45, 7) is 5.96. The van der Waals surface area contributed by atoms with Crippen LogP contribution in [-0.4, -0.2) is 17.6 Å². The molecule has 3 aromatic rings. The lowest BCUT2D eigenvalue weighted by molar-refractivity contribution is 0.0997. The SMILES string of the molecule is COc1ccc(C)c2sc(=NC(=O)c3cc(C)ccc3C)n(C)c12. The third-order valence-electron chi connectivity index (χ3n) is 4.15. The molecule has 0 aliphatic heterocycles. The zero-order chi connectivity index (χ0) is 17.4. The van der Waals surface area contributed by atoms with E-state index in [0.29, 0.717) is 10.4 Å². The highest BCUT2D eigenvalue weighted by molar-refractivity contribution is 7.16. The highest BCUT2D eigenvalue weighted by atomic mass is 32.1. The number of carbonyl (C=O) groups excluding carboxylic acids is 1. The van der Waals surface area contributed by atoms with Gasteiger partial charge in [0, 0.05) is 12.6 Å². The van der Waals surface area contributed by atoms with E-state index in [1.165, 1.54) is 11.3 Å². The van der Waals surface area contributed by atoms with Gasteiger partial charge in [0.1, 0.15) is 11.3 Å². The topological polar surface area (TPSA) is 43.6 Å². The molecule has 3 rings (SSSR count). The van der Waals surface area contributed by atoms with Gasteiger partial charge in [-0.2, -0.15) is 4.99 Å². The van der Waals surface area contributed by atoms with Gasteiger partial charge in [0.2, 0.25) is 0 Å². The molecule has 0 radical (unpaired) electrons. The lowest BCUT2D eigenvalue weighted by Gasteiger charge is -2.05. The van der Waals surface area contributed by atoms with Crippen molar-refractivity contribution in [1.29, 1.82) is 0 Å². The van der Waals surface area contributed by atoms with Gasteiger partial charge in [0.25, 0.3) is 5.91 Å². The monoisotopic (exact) mass is 340 g/mol. The molecule has 124 valence electrons. The van der Waals surface area contributed by atoms with Crippen LogP contribution in [0.15, 0.2) is 35.3 Å². The zero-order valence-electron chi connectivity index (χ0n) is 14.5. The zero-order valence-corrected chi connectivity index (χ0v) is 15.3. The summed E-state index contributed by atoms with van der Waals surface area (Å²) < 4.78 is 8.47. The van der Waals surface area contributed by atoms with E-state index in [0.717, 1.165) is 32.7 Å². The largest absolute Gasteiger partial charge is 0.495 e. The molecular weight excluding hydrogens is 320 g/mol. The normalized spacial score (nSPS) is 12.0. The molecule has 0 saturated carbocycles. The first-order valence-corrected chi connectivity index (χ1v) is 8.53. The van der Waals surface area contributed by atoms with Gasteiger partial charge in [-0.25, -0.2) is 0 Å². The molecule has 0 atom stereocenters. The molecule has 0 bridgehead atoms. The Morgan fingerprint density at radius 3 is 2.54 bits per heavy atom. The molecule has 1 amide bonds.